The number of rotatable bonds is 4. The summed E-state index contributed by atoms with van der Waals surface area (Å²) in [5.74, 6) is -14.7. The highest BCUT2D eigenvalue weighted by Gasteiger charge is 2.77. The van der Waals surface area contributed by atoms with Crippen LogP contribution in [-0.4, -0.2) is 29.8 Å². The number of halogens is 7. The van der Waals surface area contributed by atoms with Gasteiger partial charge >= 0.3 is 24.0 Å². The van der Waals surface area contributed by atoms with E-state index in [1.54, 1.807) is 6.92 Å². The topological polar surface area (TPSA) is 43.4 Å². The molecule has 0 radical (unpaired) electrons. The quantitative estimate of drug-likeness (QED) is 0.301. The first-order valence-corrected chi connectivity index (χ1v) is 11.9. The van der Waals surface area contributed by atoms with Crippen LogP contribution in [0.25, 0.3) is 0 Å². The van der Waals surface area contributed by atoms with E-state index in [2.05, 4.69) is 11.7 Å². The molecule has 0 aliphatic heterocycles. The third-order valence-electron chi connectivity index (χ3n) is 9.45. The Bertz CT molecular complexity index is 982. The van der Waals surface area contributed by atoms with Crippen LogP contribution >= 0.6 is 0 Å². The van der Waals surface area contributed by atoms with Crippen molar-refractivity contribution in [3.05, 3.63) is 23.5 Å². The van der Waals surface area contributed by atoms with Gasteiger partial charge in [-0.3, -0.25) is 4.79 Å². The molecule has 0 aromatic rings. The Kier molecular flexibility index (Phi) is 6.04. The third kappa shape index (κ3) is 3.76. The summed E-state index contributed by atoms with van der Waals surface area (Å²) < 4.78 is 95.5. The van der Waals surface area contributed by atoms with Crippen LogP contribution in [0.4, 0.5) is 30.7 Å². The number of allylic oxidation sites excluding steroid dienone is 4. The van der Waals surface area contributed by atoms with Crippen molar-refractivity contribution in [2.75, 3.05) is 0 Å². The number of carbonyl (C=O) groups excluding carboxylic acids is 2. The van der Waals surface area contributed by atoms with Gasteiger partial charge in [0, 0.05) is 12.3 Å². The van der Waals surface area contributed by atoms with Crippen LogP contribution in [0.1, 0.15) is 65.7 Å². The molecule has 0 aromatic carbocycles. The highest BCUT2D eigenvalue weighted by atomic mass is 19.4. The van der Waals surface area contributed by atoms with Crippen molar-refractivity contribution in [1.29, 1.82) is 0 Å². The Morgan fingerprint density at radius 2 is 1.63 bits per heavy atom. The Hall–Kier alpha value is -1.87. The van der Waals surface area contributed by atoms with Gasteiger partial charge in [0.2, 0.25) is 0 Å². The van der Waals surface area contributed by atoms with Gasteiger partial charge in [0.25, 0.3) is 0 Å². The minimum atomic E-state index is -6.60. The van der Waals surface area contributed by atoms with Crippen molar-refractivity contribution in [2.45, 2.75) is 83.7 Å². The van der Waals surface area contributed by atoms with E-state index in [4.69, 9.17) is 0 Å². The van der Waals surface area contributed by atoms with Gasteiger partial charge in [0.1, 0.15) is 11.5 Å². The number of ketones is 1. The average Bonchev–Trinajstić information content (AvgIpc) is 3.10. The molecule has 4 aliphatic rings. The Morgan fingerprint density at radius 1 is 0.971 bits per heavy atom. The van der Waals surface area contributed by atoms with E-state index in [1.807, 2.05) is 13.0 Å². The first kappa shape index (κ1) is 26.2. The Labute approximate surface area is 199 Å². The number of alkyl halides is 7. The number of ether oxygens (including phenoxy) is 1. The SMILES string of the molecule is CC(=O)C1CCC2C3CC=C4C=C(OC(=O)C(F)(F)C(F)(F)C(F)(F)F)CCC4(C)C3CCC12C. The third-order valence-corrected chi connectivity index (χ3v) is 9.45. The van der Waals surface area contributed by atoms with Crippen LogP contribution in [0.5, 0.6) is 0 Å². The molecule has 2 fully saturated rings. The second kappa shape index (κ2) is 8.07. The van der Waals surface area contributed by atoms with E-state index in [1.165, 1.54) is 6.08 Å². The van der Waals surface area contributed by atoms with E-state index < -0.39 is 24.0 Å². The number of hydrogen-bond donors (Lipinski definition) is 0. The normalized spacial score (nSPS) is 37.4. The van der Waals surface area contributed by atoms with Crippen LogP contribution < -0.4 is 0 Å². The van der Waals surface area contributed by atoms with Gasteiger partial charge in [-0.05, 0) is 85.7 Å². The van der Waals surface area contributed by atoms with E-state index in [9.17, 15) is 40.3 Å². The van der Waals surface area contributed by atoms with Crippen LogP contribution in [0.3, 0.4) is 0 Å². The monoisotopic (exact) mass is 510 g/mol. The van der Waals surface area contributed by atoms with Crippen LogP contribution in [0.2, 0.25) is 0 Å². The Balaban J connectivity index is 1.55. The largest absolute Gasteiger partial charge is 0.460 e. The number of carbonyl (C=O) groups is 2. The van der Waals surface area contributed by atoms with Crippen molar-refractivity contribution in [3.8, 4) is 0 Å². The molecular weight excluding hydrogens is 481 g/mol. The molecule has 196 valence electrons. The molecule has 0 heterocycles. The second-order valence-electron chi connectivity index (χ2n) is 11.1. The van der Waals surface area contributed by atoms with E-state index >= 15 is 0 Å². The maximum Gasteiger partial charge on any atom is 0.460 e. The first-order chi connectivity index (χ1) is 16.0. The summed E-state index contributed by atoms with van der Waals surface area (Å²) in [6, 6.07) is 0. The molecule has 0 amide bonds. The highest BCUT2D eigenvalue weighted by molar-refractivity contribution is 5.80. The van der Waals surface area contributed by atoms with Crippen LogP contribution in [0, 0.1) is 34.5 Å². The van der Waals surface area contributed by atoms with Gasteiger partial charge in [-0.25, -0.2) is 4.79 Å². The van der Waals surface area contributed by atoms with Crippen molar-refractivity contribution >= 4 is 11.8 Å². The number of Topliss-reactive ketones (excluding diaryl/α,β-unsaturated/α-hetero) is 1. The molecule has 35 heavy (non-hydrogen) atoms. The van der Waals surface area contributed by atoms with Crippen molar-refractivity contribution < 1.29 is 45.1 Å². The molecule has 6 unspecified atom stereocenters. The minimum Gasteiger partial charge on any atom is -0.426 e. The molecular formula is C25H29F7O3. The molecule has 0 N–H and O–H groups in total. The molecule has 0 spiro atoms. The van der Waals surface area contributed by atoms with E-state index in [-0.39, 0.29) is 40.6 Å². The summed E-state index contributed by atoms with van der Waals surface area (Å²) in [4.78, 5) is 23.9. The zero-order valence-electron chi connectivity index (χ0n) is 19.8. The smallest absolute Gasteiger partial charge is 0.426 e. The highest BCUT2D eigenvalue weighted by Crippen LogP contribution is 2.66. The number of hydrogen-bond acceptors (Lipinski definition) is 3. The summed E-state index contributed by atoms with van der Waals surface area (Å²) >= 11 is 0. The van der Waals surface area contributed by atoms with E-state index in [0.29, 0.717) is 24.7 Å². The van der Waals surface area contributed by atoms with Gasteiger partial charge in [0.15, 0.2) is 0 Å². The summed E-state index contributed by atoms with van der Waals surface area (Å²) in [6.07, 6.45) is 1.29. The summed E-state index contributed by atoms with van der Waals surface area (Å²) in [7, 11) is 0. The van der Waals surface area contributed by atoms with Gasteiger partial charge in [-0.15, -0.1) is 0 Å². The Morgan fingerprint density at radius 3 is 2.23 bits per heavy atom. The second-order valence-corrected chi connectivity index (χ2v) is 11.1. The van der Waals surface area contributed by atoms with Gasteiger partial charge in [-0.1, -0.05) is 19.9 Å². The number of fused-ring (bicyclic) bond motifs is 5. The zero-order chi connectivity index (χ0) is 26.2. The van der Waals surface area contributed by atoms with E-state index in [0.717, 1.165) is 31.3 Å². The predicted octanol–water partition coefficient (Wildman–Crippen LogP) is 7.02. The van der Waals surface area contributed by atoms with Crippen molar-refractivity contribution in [2.24, 2.45) is 34.5 Å². The molecule has 0 bridgehead atoms. The molecule has 4 rings (SSSR count). The lowest BCUT2D eigenvalue weighted by molar-refractivity contribution is -0.347. The minimum absolute atomic E-state index is 0.0333. The van der Waals surface area contributed by atoms with Crippen LogP contribution in [0.15, 0.2) is 23.5 Å². The van der Waals surface area contributed by atoms with Gasteiger partial charge in [0.05, 0.1) is 0 Å². The molecule has 0 saturated heterocycles. The fourth-order valence-corrected chi connectivity index (χ4v) is 7.54. The van der Waals surface area contributed by atoms with Crippen LogP contribution in [-0.2, 0) is 14.3 Å². The molecule has 10 heteroatoms. The summed E-state index contributed by atoms with van der Waals surface area (Å²) in [5, 5.41) is 0. The summed E-state index contributed by atoms with van der Waals surface area (Å²) in [6.45, 7) is 5.88. The molecule has 2 saturated carbocycles. The zero-order valence-corrected chi connectivity index (χ0v) is 19.8. The van der Waals surface area contributed by atoms with Gasteiger partial charge in [-0.2, -0.15) is 30.7 Å². The predicted molar refractivity (Wildman–Crippen MR) is 111 cm³/mol. The van der Waals surface area contributed by atoms with Gasteiger partial charge < -0.3 is 4.74 Å². The lowest BCUT2D eigenvalue weighted by atomic mass is 9.48. The average molecular weight is 510 g/mol. The fraction of sp³-hybridized carbons (Fsp3) is 0.760. The molecule has 0 aromatic heterocycles. The standard InChI is InChI=1S/C25H29F7O3/c1-13(33)17-6-7-18-16-5-4-14-12-15(8-10-21(14,2)19(16)9-11-22(17,18)3)35-20(34)23(26,27)24(28,29)25(30,31)32/h4,12,16-19H,5-11H2,1-3H3. The number of esters is 1. The fourth-order valence-electron chi connectivity index (χ4n) is 7.54. The first-order valence-electron chi connectivity index (χ1n) is 11.9. The maximum absolute atomic E-state index is 13.7. The molecule has 6 atom stereocenters. The summed E-state index contributed by atoms with van der Waals surface area (Å²) in [5.41, 5.74) is 0.297. The van der Waals surface area contributed by atoms with Crippen molar-refractivity contribution in [3.63, 3.8) is 0 Å². The van der Waals surface area contributed by atoms with Crippen molar-refractivity contribution in [1.82, 2.24) is 0 Å². The lowest BCUT2D eigenvalue weighted by Gasteiger charge is -2.56. The molecule has 4 aliphatic carbocycles. The molecule has 3 nitrogen and oxygen atoms in total. The maximum atomic E-state index is 13.7. The lowest BCUT2D eigenvalue weighted by Crippen LogP contribution is -2.56.